The highest BCUT2D eigenvalue weighted by molar-refractivity contribution is 5.75. The topological polar surface area (TPSA) is 66.6 Å². The van der Waals surface area contributed by atoms with Gasteiger partial charge in [0.2, 0.25) is 11.6 Å². The fraction of sp³-hybridized carbons (Fsp3) is 0.429. The first kappa shape index (κ1) is 18.0. The molecule has 1 amide bonds. The van der Waals surface area contributed by atoms with Crippen molar-refractivity contribution in [2.75, 3.05) is 24.5 Å². The first-order chi connectivity index (χ1) is 14.0. The van der Waals surface area contributed by atoms with Gasteiger partial charge in [0.15, 0.2) is 0 Å². The summed E-state index contributed by atoms with van der Waals surface area (Å²) in [6, 6.07) is 8.63. The Balaban J connectivity index is 1.51. The molecule has 0 N–H and O–H groups in total. The Kier molecular flexibility index (Phi) is 4.22. The second kappa shape index (κ2) is 6.79. The summed E-state index contributed by atoms with van der Waals surface area (Å²) >= 11 is 0. The van der Waals surface area contributed by atoms with Crippen molar-refractivity contribution in [2.45, 2.75) is 26.3 Å². The van der Waals surface area contributed by atoms with Gasteiger partial charge in [-0.1, -0.05) is 19.1 Å². The third-order valence-electron chi connectivity index (χ3n) is 6.26. The van der Waals surface area contributed by atoms with E-state index in [0.29, 0.717) is 12.5 Å². The van der Waals surface area contributed by atoms with Gasteiger partial charge < -0.3 is 9.80 Å². The number of aromatic nitrogens is 4. The lowest BCUT2D eigenvalue weighted by Crippen LogP contribution is -2.34. The Hall–Kier alpha value is -3.03. The number of amides is 1. The number of hydrogen-bond acceptors (Lipinski definition) is 5. The van der Waals surface area contributed by atoms with E-state index in [1.54, 1.807) is 29.9 Å². The number of carbonyl (C=O) groups excluding carboxylic acids is 1. The second-order valence-electron chi connectivity index (χ2n) is 7.97. The summed E-state index contributed by atoms with van der Waals surface area (Å²) in [7, 11) is 0. The van der Waals surface area contributed by atoms with E-state index in [9.17, 15) is 9.18 Å². The van der Waals surface area contributed by atoms with Crippen LogP contribution in [0.5, 0.6) is 0 Å². The molecule has 0 unspecified atom stereocenters. The van der Waals surface area contributed by atoms with Gasteiger partial charge in [-0.2, -0.15) is 9.61 Å². The average Bonchev–Trinajstić information content (AvgIpc) is 3.40. The van der Waals surface area contributed by atoms with E-state index in [1.807, 2.05) is 11.0 Å². The fourth-order valence-electron chi connectivity index (χ4n) is 4.95. The molecule has 8 heteroatoms. The summed E-state index contributed by atoms with van der Waals surface area (Å²) in [6.45, 7) is 5.97. The molecule has 29 heavy (non-hydrogen) atoms. The maximum Gasteiger partial charge on any atom is 0.219 e. The van der Waals surface area contributed by atoms with E-state index in [1.165, 1.54) is 6.07 Å². The van der Waals surface area contributed by atoms with Crippen molar-refractivity contribution < 1.29 is 9.18 Å². The molecule has 7 nitrogen and oxygen atoms in total. The molecule has 0 aliphatic carbocycles. The van der Waals surface area contributed by atoms with Crippen LogP contribution < -0.4 is 4.90 Å². The summed E-state index contributed by atoms with van der Waals surface area (Å²) in [6.07, 6.45) is 2.45. The van der Waals surface area contributed by atoms with Gasteiger partial charge in [0.25, 0.3) is 0 Å². The minimum absolute atomic E-state index is 0.0391. The molecule has 2 aliphatic rings. The van der Waals surface area contributed by atoms with Crippen molar-refractivity contribution >= 4 is 17.2 Å². The molecule has 0 saturated carbocycles. The molecule has 4 heterocycles. The molecule has 0 bridgehead atoms. The number of benzene rings is 1. The van der Waals surface area contributed by atoms with Gasteiger partial charge in [0.05, 0.1) is 17.4 Å². The van der Waals surface area contributed by atoms with E-state index in [0.717, 1.165) is 42.1 Å². The molecule has 1 aromatic carbocycles. The Morgan fingerprint density at radius 1 is 1.24 bits per heavy atom. The quantitative estimate of drug-likeness (QED) is 0.683. The van der Waals surface area contributed by atoms with Gasteiger partial charge in [-0.05, 0) is 30.2 Å². The summed E-state index contributed by atoms with van der Waals surface area (Å²) in [5.41, 5.74) is 3.62. The molecule has 2 fully saturated rings. The zero-order valence-corrected chi connectivity index (χ0v) is 16.5. The molecule has 5 rings (SSSR count). The number of aryl methyl sites for hydroxylation is 1. The minimum atomic E-state index is -0.267. The van der Waals surface area contributed by atoms with Crippen LogP contribution in [0.2, 0.25) is 0 Å². The number of halogens is 1. The highest BCUT2D eigenvalue weighted by atomic mass is 19.1. The fourth-order valence-corrected chi connectivity index (χ4v) is 4.95. The zero-order valence-electron chi connectivity index (χ0n) is 16.5. The summed E-state index contributed by atoms with van der Waals surface area (Å²) < 4.78 is 15.6. The molecule has 150 valence electrons. The van der Waals surface area contributed by atoms with Crippen molar-refractivity contribution in [3.63, 3.8) is 0 Å². The number of hydrogen-bond donors (Lipinski definition) is 0. The molecule has 3 atom stereocenters. The van der Waals surface area contributed by atoms with Gasteiger partial charge in [0, 0.05) is 38.4 Å². The van der Waals surface area contributed by atoms with Crippen LogP contribution >= 0.6 is 0 Å². The Morgan fingerprint density at radius 2 is 2.10 bits per heavy atom. The SMILES string of the molecule is CCc1cc(N2C[C@@H]3CN(C(C)=O)[C@H](c4cccc(F)c4)[C@@H]3C2)c2nncn2n1. The smallest absolute Gasteiger partial charge is 0.219 e. The lowest BCUT2D eigenvalue weighted by molar-refractivity contribution is -0.130. The van der Waals surface area contributed by atoms with E-state index < -0.39 is 0 Å². The van der Waals surface area contributed by atoms with Gasteiger partial charge in [-0.3, -0.25) is 4.79 Å². The van der Waals surface area contributed by atoms with Crippen LogP contribution in [0.1, 0.15) is 31.1 Å². The number of nitrogens with zero attached hydrogens (tertiary/aromatic N) is 6. The summed E-state index contributed by atoms with van der Waals surface area (Å²) in [5.74, 6) is 0.337. The van der Waals surface area contributed by atoms with Crippen LogP contribution in [0.25, 0.3) is 5.65 Å². The molecular weight excluding hydrogens is 371 g/mol. The third-order valence-corrected chi connectivity index (χ3v) is 6.26. The maximum absolute atomic E-state index is 13.9. The highest BCUT2D eigenvalue weighted by Gasteiger charge is 2.48. The summed E-state index contributed by atoms with van der Waals surface area (Å²) in [4.78, 5) is 16.5. The first-order valence-corrected chi connectivity index (χ1v) is 10.0. The van der Waals surface area contributed by atoms with Gasteiger partial charge in [0.1, 0.15) is 12.1 Å². The van der Waals surface area contributed by atoms with E-state index in [-0.39, 0.29) is 23.7 Å². The van der Waals surface area contributed by atoms with Gasteiger partial charge >= 0.3 is 0 Å². The van der Waals surface area contributed by atoms with E-state index in [2.05, 4.69) is 33.2 Å². The van der Waals surface area contributed by atoms with Crippen LogP contribution in [0.4, 0.5) is 10.1 Å². The second-order valence-corrected chi connectivity index (χ2v) is 7.97. The molecule has 2 saturated heterocycles. The summed E-state index contributed by atoms with van der Waals surface area (Å²) in [5, 5.41) is 12.8. The molecule has 2 aliphatic heterocycles. The Bertz CT molecular complexity index is 1080. The van der Waals surface area contributed by atoms with Gasteiger partial charge in [-0.25, -0.2) is 4.39 Å². The molecular formula is C21H23FN6O. The largest absolute Gasteiger partial charge is 0.368 e. The van der Waals surface area contributed by atoms with Crippen LogP contribution in [-0.4, -0.2) is 50.3 Å². The van der Waals surface area contributed by atoms with E-state index in [4.69, 9.17) is 0 Å². The number of carbonyl (C=O) groups is 1. The van der Waals surface area contributed by atoms with Crippen LogP contribution in [0.15, 0.2) is 36.7 Å². The number of anilines is 1. The number of fused-ring (bicyclic) bond motifs is 2. The van der Waals surface area contributed by atoms with Crippen molar-refractivity contribution in [2.24, 2.45) is 11.8 Å². The van der Waals surface area contributed by atoms with Crippen LogP contribution in [0, 0.1) is 17.7 Å². The van der Waals surface area contributed by atoms with Crippen LogP contribution in [0.3, 0.4) is 0 Å². The van der Waals surface area contributed by atoms with Crippen molar-refractivity contribution in [1.82, 2.24) is 24.7 Å². The first-order valence-electron chi connectivity index (χ1n) is 10.0. The molecule has 3 aromatic rings. The number of likely N-dealkylation sites (tertiary alicyclic amines) is 1. The predicted octanol–water partition coefficient (Wildman–Crippen LogP) is 2.48. The molecule has 2 aromatic heterocycles. The van der Waals surface area contributed by atoms with Gasteiger partial charge in [-0.15, -0.1) is 10.2 Å². The monoisotopic (exact) mass is 394 g/mol. The van der Waals surface area contributed by atoms with Crippen molar-refractivity contribution in [3.05, 3.63) is 53.7 Å². The van der Waals surface area contributed by atoms with E-state index >= 15 is 0 Å². The number of rotatable bonds is 3. The molecule has 0 spiro atoms. The highest BCUT2D eigenvalue weighted by Crippen LogP contribution is 2.46. The Labute approximate surface area is 168 Å². The van der Waals surface area contributed by atoms with Crippen molar-refractivity contribution in [1.29, 1.82) is 0 Å². The lowest BCUT2D eigenvalue weighted by atomic mass is 9.89. The predicted molar refractivity (Wildman–Crippen MR) is 106 cm³/mol. The Morgan fingerprint density at radius 3 is 2.86 bits per heavy atom. The zero-order chi connectivity index (χ0) is 20.1. The molecule has 0 radical (unpaired) electrons. The standard InChI is InChI=1S/C21H23FN6O/c1-3-17-8-19(21-24-23-12-28(21)25-17)26-9-15-10-27(13(2)29)20(18(15)11-26)14-5-4-6-16(22)7-14/h4-8,12,15,18,20H,3,9-11H2,1-2H3/t15-,18-,20-/m1/s1. The maximum atomic E-state index is 13.9. The lowest BCUT2D eigenvalue weighted by Gasteiger charge is -2.30. The third kappa shape index (κ3) is 2.94. The van der Waals surface area contributed by atoms with Crippen molar-refractivity contribution in [3.8, 4) is 0 Å². The van der Waals surface area contributed by atoms with Crippen LogP contribution in [-0.2, 0) is 11.2 Å². The normalized spacial score (nSPS) is 23.8. The minimum Gasteiger partial charge on any atom is -0.368 e. The average molecular weight is 394 g/mol.